The Hall–Kier alpha value is -1.51. The second-order valence-corrected chi connectivity index (χ2v) is 3.09. The van der Waals surface area contributed by atoms with Crippen molar-refractivity contribution in [1.82, 2.24) is 0 Å². The maximum absolute atomic E-state index is 11.2. The average Bonchev–Trinajstić information content (AvgIpc) is 2.08. The third-order valence-corrected chi connectivity index (χ3v) is 1.71. The Morgan fingerprint density at radius 3 is 3.07 bits per heavy atom. The lowest BCUT2D eigenvalue weighted by Gasteiger charge is -2.17. The Morgan fingerprint density at radius 1 is 1.57 bits per heavy atom. The van der Waals surface area contributed by atoms with Crippen LogP contribution in [0, 0.1) is 0 Å². The number of hydrogen-bond donors (Lipinski definition) is 0. The van der Waals surface area contributed by atoms with Crippen molar-refractivity contribution in [2.24, 2.45) is 0 Å². The quantitative estimate of drug-likeness (QED) is 0.500. The molecule has 1 aliphatic heterocycles. The van der Waals surface area contributed by atoms with Crippen LogP contribution in [0.1, 0.15) is 19.8 Å². The first-order valence-corrected chi connectivity index (χ1v) is 4.54. The maximum atomic E-state index is 11.2. The van der Waals surface area contributed by atoms with Crippen molar-refractivity contribution in [2.45, 2.75) is 26.1 Å². The second-order valence-electron chi connectivity index (χ2n) is 3.09. The Balaban J connectivity index is 2.44. The van der Waals surface area contributed by atoms with Gasteiger partial charge in [-0.3, -0.25) is 0 Å². The molecule has 0 aromatic rings. The smallest absolute Gasteiger partial charge is 0.336 e. The van der Waals surface area contributed by atoms with Crippen molar-refractivity contribution in [1.29, 1.82) is 0 Å². The summed E-state index contributed by atoms with van der Waals surface area (Å²) in [6, 6.07) is 0. The minimum absolute atomic E-state index is 0.384. The predicted octanol–water partition coefficient (Wildman–Crippen LogP) is 2.31. The molecule has 0 N–H and O–H groups in total. The Kier molecular flexibility index (Phi) is 3.98. The van der Waals surface area contributed by atoms with Crippen LogP contribution >= 0.6 is 0 Å². The maximum Gasteiger partial charge on any atom is 0.336 e. The Labute approximate surface area is 83.7 Å². The minimum atomic E-state index is -0.500. The Bertz CT molecular complexity index is 276. The largest absolute Gasteiger partial charge is 0.462 e. The molecule has 0 aliphatic carbocycles. The summed E-state index contributed by atoms with van der Waals surface area (Å²) in [4.78, 5) is 11.2. The van der Waals surface area contributed by atoms with Crippen molar-refractivity contribution in [3.8, 4) is 0 Å². The molecule has 1 unspecified atom stereocenters. The molecule has 0 fully saturated rings. The van der Waals surface area contributed by atoms with Gasteiger partial charge in [0.1, 0.15) is 0 Å². The van der Waals surface area contributed by atoms with Crippen molar-refractivity contribution in [3.63, 3.8) is 0 Å². The summed E-state index contributed by atoms with van der Waals surface area (Å²) >= 11 is 0. The lowest BCUT2D eigenvalue weighted by Crippen LogP contribution is -2.20. The van der Waals surface area contributed by atoms with E-state index in [-0.39, 0.29) is 0 Å². The molecule has 0 bridgehead atoms. The highest BCUT2D eigenvalue weighted by Gasteiger charge is 2.14. The van der Waals surface area contributed by atoms with Crippen molar-refractivity contribution >= 4 is 5.97 Å². The van der Waals surface area contributed by atoms with E-state index < -0.39 is 12.3 Å². The molecule has 3 nitrogen and oxygen atoms in total. The van der Waals surface area contributed by atoms with Gasteiger partial charge < -0.3 is 9.47 Å². The van der Waals surface area contributed by atoms with Gasteiger partial charge in [0.25, 0.3) is 0 Å². The van der Waals surface area contributed by atoms with E-state index in [0.717, 1.165) is 6.42 Å². The van der Waals surface area contributed by atoms with Crippen LogP contribution in [0.15, 0.2) is 36.6 Å². The number of rotatable bonds is 2. The molecule has 3 heteroatoms. The van der Waals surface area contributed by atoms with Gasteiger partial charge in [-0.05, 0) is 19.4 Å². The molecule has 0 saturated carbocycles. The summed E-state index contributed by atoms with van der Waals surface area (Å²) in [6.45, 7) is 5.11. The van der Waals surface area contributed by atoms with Gasteiger partial charge in [-0.25, -0.2) is 4.79 Å². The molecule has 0 aromatic carbocycles. The van der Waals surface area contributed by atoms with E-state index in [1.165, 1.54) is 6.26 Å². The van der Waals surface area contributed by atoms with Gasteiger partial charge in [-0.15, -0.1) is 0 Å². The number of hydrogen-bond acceptors (Lipinski definition) is 3. The van der Waals surface area contributed by atoms with Crippen LogP contribution in [0.2, 0.25) is 0 Å². The second kappa shape index (κ2) is 5.27. The average molecular weight is 194 g/mol. The van der Waals surface area contributed by atoms with Crippen LogP contribution in [-0.2, 0) is 14.3 Å². The summed E-state index contributed by atoms with van der Waals surface area (Å²) in [6.07, 6.45) is 8.18. The van der Waals surface area contributed by atoms with Crippen LogP contribution in [0.4, 0.5) is 0 Å². The van der Waals surface area contributed by atoms with Crippen LogP contribution in [0.25, 0.3) is 0 Å². The lowest BCUT2D eigenvalue weighted by molar-refractivity contribution is -0.165. The molecule has 76 valence electrons. The molecule has 0 saturated heterocycles. The molecular formula is C11H14O3. The molecular weight excluding hydrogens is 180 g/mol. The van der Waals surface area contributed by atoms with Gasteiger partial charge in [0.05, 0.1) is 6.26 Å². The Morgan fingerprint density at radius 2 is 2.36 bits per heavy atom. The number of carbonyl (C=O) groups excluding carboxylic acids is 1. The monoisotopic (exact) mass is 194 g/mol. The third-order valence-electron chi connectivity index (χ3n) is 1.71. The minimum Gasteiger partial charge on any atom is -0.462 e. The number of allylic oxidation sites excluding steroid dienone is 3. The number of carbonyl (C=O) groups is 1. The zero-order valence-electron chi connectivity index (χ0n) is 8.23. The number of ether oxygens (including phenoxy) is 2. The normalized spacial score (nSPS) is 25.1. The lowest BCUT2D eigenvalue weighted by atomic mass is 10.2. The van der Waals surface area contributed by atoms with Crippen molar-refractivity contribution in [3.05, 3.63) is 36.6 Å². The zero-order chi connectivity index (χ0) is 10.4. The van der Waals surface area contributed by atoms with Gasteiger partial charge in [0.15, 0.2) is 0 Å². The van der Waals surface area contributed by atoms with E-state index >= 15 is 0 Å². The molecule has 0 radical (unpaired) electrons. The fraction of sp³-hybridized carbons (Fsp3) is 0.364. The van der Waals surface area contributed by atoms with Crippen molar-refractivity contribution < 1.29 is 14.3 Å². The van der Waals surface area contributed by atoms with Crippen molar-refractivity contribution in [2.75, 3.05) is 0 Å². The highest BCUT2D eigenvalue weighted by Crippen LogP contribution is 2.10. The van der Waals surface area contributed by atoms with Crippen LogP contribution in [0.3, 0.4) is 0 Å². The van der Waals surface area contributed by atoms with Crippen LogP contribution in [-0.4, -0.2) is 12.3 Å². The van der Waals surface area contributed by atoms with Gasteiger partial charge in [-0.2, -0.15) is 0 Å². The van der Waals surface area contributed by atoms with Gasteiger partial charge in [-0.1, -0.05) is 18.7 Å². The molecule has 1 atom stereocenters. The fourth-order valence-corrected chi connectivity index (χ4v) is 0.960. The topological polar surface area (TPSA) is 35.5 Å². The molecule has 0 spiro atoms. The third kappa shape index (κ3) is 3.47. The first-order valence-electron chi connectivity index (χ1n) is 4.54. The molecule has 0 amide bonds. The SMILES string of the molecule is C=C(C)C(=O)OC1CC/C=C\C=C/O1. The molecule has 14 heavy (non-hydrogen) atoms. The van der Waals surface area contributed by atoms with Gasteiger partial charge in [0, 0.05) is 12.0 Å². The zero-order valence-corrected chi connectivity index (χ0v) is 8.23. The highest BCUT2D eigenvalue weighted by atomic mass is 16.7. The summed E-state index contributed by atoms with van der Waals surface area (Å²) in [5.74, 6) is -0.409. The van der Waals surface area contributed by atoms with E-state index in [1.807, 2.05) is 12.2 Å². The van der Waals surface area contributed by atoms with Crippen LogP contribution in [0.5, 0.6) is 0 Å². The predicted molar refractivity (Wildman–Crippen MR) is 53.3 cm³/mol. The fourth-order valence-electron chi connectivity index (χ4n) is 0.960. The molecule has 1 aliphatic rings. The summed E-state index contributed by atoms with van der Waals surface area (Å²) < 4.78 is 10.2. The van der Waals surface area contributed by atoms with E-state index in [4.69, 9.17) is 9.47 Å². The van der Waals surface area contributed by atoms with Gasteiger partial charge >= 0.3 is 5.97 Å². The molecule has 0 aromatic heterocycles. The molecule has 1 heterocycles. The summed E-state index contributed by atoms with van der Waals surface area (Å²) in [7, 11) is 0. The van der Waals surface area contributed by atoms with E-state index in [2.05, 4.69) is 6.58 Å². The summed E-state index contributed by atoms with van der Waals surface area (Å²) in [5.41, 5.74) is 0.384. The summed E-state index contributed by atoms with van der Waals surface area (Å²) in [5, 5.41) is 0. The molecule has 1 rings (SSSR count). The van der Waals surface area contributed by atoms with E-state index in [1.54, 1.807) is 13.0 Å². The standard InChI is InChI=1S/C11H14O3/c1-9(2)11(12)14-10-7-5-3-4-6-8-13-10/h3-4,6,8,10H,1,5,7H2,2H3/b4-3-,8-6-. The number of esters is 1. The highest BCUT2D eigenvalue weighted by molar-refractivity contribution is 5.87. The first-order chi connectivity index (χ1) is 6.70. The van der Waals surface area contributed by atoms with E-state index in [9.17, 15) is 4.79 Å². The van der Waals surface area contributed by atoms with Gasteiger partial charge in [0.2, 0.25) is 6.29 Å². The van der Waals surface area contributed by atoms with Crippen LogP contribution < -0.4 is 0 Å². The van der Waals surface area contributed by atoms with E-state index in [0.29, 0.717) is 12.0 Å². The first kappa shape index (κ1) is 10.6.